The highest BCUT2D eigenvalue weighted by Gasteiger charge is 2.48. The quantitative estimate of drug-likeness (QED) is 0.793. The highest BCUT2D eigenvalue weighted by molar-refractivity contribution is 5.75. The van der Waals surface area contributed by atoms with Gasteiger partial charge in [0.25, 0.3) is 5.56 Å². The van der Waals surface area contributed by atoms with Gasteiger partial charge in [0.2, 0.25) is 0 Å². The predicted octanol–water partition coefficient (Wildman–Crippen LogP) is 1.00. The van der Waals surface area contributed by atoms with Gasteiger partial charge in [-0.05, 0) is 26.7 Å². The normalized spacial score (nSPS) is 22.9. The Hall–Kier alpha value is -2.68. The highest BCUT2D eigenvalue weighted by atomic mass is 16.2. The van der Waals surface area contributed by atoms with E-state index in [1.165, 1.54) is 0 Å². The van der Waals surface area contributed by atoms with Gasteiger partial charge in [0.1, 0.15) is 5.82 Å². The van der Waals surface area contributed by atoms with E-state index in [0.29, 0.717) is 26.2 Å². The summed E-state index contributed by atoms with van der Waals surface area (Å²) in [5.74, 6) is 0.900. The highest BCUT2D eigenvalue weighted by Crippen LogP contribution is 2.41. The zero-order chi connectivity index (χ0) is 21.8. The first-order valence-corrected chi connectivity index (χ1v) is 11.2. The summed E-state index contributed by atoms with van der Waals surface area (Å²) in [6.45, 7) is 8.29. The fraction of sp³-hybridized carbons (Fsp3) is 0.636. The fourth-order valence-corrected chi connectivity index (χ4v) is 5.34. The van der Waals surface area contributed by atoms with Crippen molar-refractivity contribution in [1.29, 1.82) is 0 Å². The molecule has 9 heteroatoms. The fourth-order valence-electron chi connectivity index (χ4n) is 5.34. The number of rotatable bonds is 3. The molecular weight excluding hydrogens is 394 g/mol. The molecule has 5 rings (SSSR count). The molecule has 1 fully saturated rings. The Morgan fingerprint density at radius 1 is 1.26 bits per heavy atom. The van der Waals surface area contributed by atoms with Crippen molar-refractivity contribution in [1.82, 2.24) is 34.4 Å². The number of carbonyl (C=O) groups excluding carboxylic acids is 1. The molecular formula is C22H31N7O2. The monoisotopic (exact) mass is 425 g/mol. The van der Waals surface area contributed by atoms with Crippen LogP contribution in [0.2, 0.25) is 0 Å². The van der Waals surface area contributed by atoms with Crippen LogP contribution >= 0.6 is 0 Å². The van der Waals surface area contributed by atoms with E-state index in [0.717, 1.165) is 55.0 Å². The molecule has 1 spiro atoms. The number of urea groups is 1. The third kappa shape index (κ3) is 3.54. The number of aromatic nitrogens is 4. The van der Waals surface area contributed by atoms with Crippen LogP contribution in [0.15, 0.2) is 17.2 Å². The van der Waals surface area contributed by atoms with Crippen LogP contribution in [-0.4, -0.2) is 60.8 Å². The van der Waals surface area contributed by atoms with Crippen LogP contribution in [0.25, 0.3) is 0 Å². The van der Waals surface area contributed by atoms with Crippen molar-refractivity contribution in [2.45, 2.75) is 64.2 Å². The molecule has 166 valence electrons. The lowest BCUT2D eigenvalue weighted by molar-refractivity contribution is 0.202. The van der Waals surface area contributed by atoms with E-state index >= 15 is 0 Å². The summed E-state index contributed by atoms with van der Waals surface area (Å²) in [5.41, 5.74) is 2.87. The van der Waals surface area contributed by atoms with Crippen LogP contribution in [-0.2, 0) is 38.5 Å². The van der Waals surface area contributed by atoms with E-state index in [9.17, 15) is 9.59 Å². The Morgan fingerprint density at radius 2 is 2.06 bits per heavy atom. The molecule has 0 bridgehead atoms. The van der Waals surface area contributed by atoms with Crippen molar-refractivity contribution in [3.05, 3.63) is 45.4 Å². The molecule has 2 amide bonds. The van der Waals surface area contributed by atoms with Gasteiger partial charge in [0.05, 0.1) is 17.5 Å². The van der Waals surface area contributed by atoms with E-state index in [2.05, 4.69) is 15.3 Å². The summed E-state index contributed by atoms with van der Waals surface area (Å²) in [4.78, 5) is 35.1. The molecule has 31 heavy (non-hydrogen) atoms. The van der Waals surface area contributed by atoms with E-state index in [-0.39, 0.29) is 23.0 Å². The maximum atomic E-state index is 13.4. The summed E-state index contributed by atoms with van der Waals surface area (Å²) in [6.07, 6.45) is 6.44. The van der Waals surface area contributed by atoms with Gasteiger partial charge in [-0.2, -0.15) is 5.10 Å². The minimum Gasteiger partial charge on any atom is -0.336 e. The average molecular weight is 426 g/mol. The van der Waals surface area contributed by atoms with Crippen molar-refractivity contribution < 1.29 is 4.79 Å². The molecule has 1 atom stereocenters. The first-order valence-electron chi connectivity index (χ1n) is 11.2. The molecule has 0 unspecified atom stereocenters. The van der Waals surface area contributed by atoms with Crippen LogP contribution < -0.4 is 10.9 Å². The molecule has 3 aliphatic heterocycles. The predicted molar refractivity (Wildman–Crippen MR) is 116 cm³/mol. The number of amides is 2. The molecule has 2 aromatic heterocycles. The van der Waals surface area contributed by atoms with Crippen LogP contribution in [0.3, 0.4) is 0 Å². The second-order valence-electron chi connectivity index (χ2n) is 9.61. The smallest absolute Gasteiger partial charge is 0.317 e. The minimum atomic E-state index is -0.185. The number of hydrogen-bond acceptors (Lipinski definition) is 5. The van der Waals surface area contributed by atoms with Gasteiger partial charge in [-0.25, -0.2) is 9.78 Å². The number of likely N-dealkylation sites (tertiary alicyclic amines) is 1. The molecule has 0 radical (unpaired) electrons. The van der Waals surface area contributed by atoms with Gasteiger partial charge < -0.3 is 10.2 Å². The lowest BCUT2D eigenvalue weighted by Gasteiger charge is -2.29. The van der Waals surface area contributed by atoms with Crippen molar-refractivity contribution in [2.75, 3.05) is 19.6 Å². The molecule has 3 aliphatic rings. The van der Waals surface area contributed by atoms with Gasteiger partial charge in [-0.3, -0.25) is 18.9 Å². The zero-order valence-electron chi connectivity index (χ0n) is 18.6. The molecule has 2 aromatic rings. The van der Waals surface area contributed by atoms with Crippen LogP contribution in [0.5, 0.6) is 0 Å². The third-order valence-electron chi connectivity index (χ3n) is 6.90. The van der Waals surface area contributed by atoms with Gasteiger partial charge in [0, 0.05) is 76.0 Å². The average Bonchev–Trinajstić information content (AvgIpc) is 3.43. The first-order chi connectivity index (χ1) is 14.8. The number of nitrogens with one attached hydrogen (secondary N) is 1. The standard InChI is InChI=1S/C22H31N7O2/c1-15(2)24-21(31)28-8-5-22(14-28)6-9-29-19(30)17-13-27(7-4-18(17)25-20(22)29)12-16-10-23-26(3)11-16/h10-11,15H,4-9,12-14H2,1-3H3,(H,24,31)/t22-/m1/s1. The van der Waals surface area contributed by atoms with Gasteiger partial charge in [0.15, 0.2) is 0 Å². The Balaban J connectivity index is 1.38. The molecule has 0 aromatic carbocycles. The largest absolute Gasteiger partial charge is 0.336 e. The van der Waals surface area contributed by atoms with Gasteiger partial charge >= 0.3 is 6.03 Å². The minimum absolute atomic E-state index is 0.0170. The maximum absolute atomic E-state index is 13.4. The summed E-state index contributed by atoms with van der Waals surface area (Å²) in [6, 6.07) is 0.0963. The molecule has 0 aliphatic carbocycles. The van der Waals surface area contributed by atoms with Crippen LogP contribution in [0.1, 0.15) is 49.3 Å². The van der Waals surface area contributed by atoms with E-state index in [1.807, 2.05) is 47.4 Å². The number of carbonyl (C=O) groups is 1. The van der Waals surface area contributed by atoms with E-state index in [1.54, 1.807) is 0 Å². The Kier molecular flexibility index (Phi) is 4.88. The molecule has 9 nitrogen and oxygen atoms in total. The second-order valence-corrected chi connectivity index (χ2v) is 9.61. The number of aryl methyl sites for hydroxylation is 1. The molecule has 1 N–H and O–H groups in total. The van der Waals surface area contributed by atoms with E-state index < -0.39 is 0 Å². The number of nitrogens with zero attached hydrogens (tertiary/aromatic N) is 6. The Labute approximate surface area is 182 Å². The summed E-state index contributed by atoms with van der Waals surface area (Å²) in [7, 11) is 1.92. The van der Waals surface area contributed by atoms with Crippen molar-refractivity contribution in [2.24, 2.45) is 7.05 Å². The summed E-state index contributed by atoms with van der Waals surface area (Å²) < 4.78 is 3.69. The topological polar surface area (TPSA) is 88.3 Å². The van der Waals surface area contributed by atoms with Gasteiger partial charge in [-0.15, -0.1) is 0 Å². The van der Waals surface area contributed by atoms with Crippen molar-refractivity contribution in [3.8, 4) is 0 Å². The van der Waals surface area contributed by atoms with Crippen molar-refractivity contribution in [3.63, 3.8) is 0 Å². The molecule has 0 saturated carbocycles. The zero-order valence-corrected chi connectivity index (χ0v) is 18.6. The van der Waals surface area contributed by atoms with Gasteiger partial charge in [-0.1, -0.05) is 0 Å². The Morgan fingerprint density at radius 3 is 2.81 bits per heavy atom. The summed E-state index contributed by atoms with van der Waals surface area (Å²) >= 11 is 0. The van der Waals surface area contributed by atoms with Crippen LogP contribution in [0, 0.1) is 0 Å². The lowest BCUT2D eigenvalue weighted by Crippen LogP contribution is -2.43. The van der Waals surface area contributed by atoms with Crippen LogP contribution in [0.4, 0.5) is 4.79 Å². The number of hydrogen-bond donors (Lipinski definition) is 1. The third-order valence-corrected chi connectivity index (χ3v) is 6.90. The van der Waals surface area contributed by atoms with Crippen molar-refractivity contribution >= 4 is 6.03 Å². The Bertz CT molecular complexity index is 1070. The first kappa shape index (κ1) is 20.2. The SMILES string of the molecule is CC(C)NC(=O)N1CC[C@@]2(CCn3c2nc2c(c3=O)CN(Cc3cnn(C)c3)CC2)C1. The summed E-state index contributed by atoms with van der Waals surface area (Å²) in [5, 5.41) is 7.23. The van der Waals surface area contributed by atoms with E-state index in [4.69, 9.17) is 4.98 Å². The lowest BCUT2D eigenvalue weighted by atomic mass is 9.85. The number of fused-ring (bicyclic) bond motifs is 3. The maximum Gasteiger partial charge on any atom is 0.317 e. The molecule has 5 heterocycles. The molecule has 1 saturated heterocycles. The second kappa shape index (κ2) is 7.47.